The highest BCUT2D eigenvalue weighted by Crippen LogP contribution is 2.29. The van der Waals surface area contributed by atoms with Crippen molar-refractivity contribution in [2.24, 2.45) is 5.92 Å². The highest BCUT2D eigenvalue weighted by Gasteiger charge is 2.26. The van der Waals surface area contributed by atoms with Crippen molar-refractivity contribution in [3.63, 3.8) is 0 Å². The smallest absolute Gasteiger partial charge is 0.246 e. The van der Waals surface area contributed by atoms with E-state index >= 15 is 0 Å². The second-order valence-corrected chi connectivity index (χ2v) is 11.2. The average Bonchev–Trinajstić information content (AvgIpc) is 2.80. The van der Waals surface area contributed by atoms with Gasteiger partial charge in [-0.1, -0.05) is 19.3 Å². The van der Waals surface area contributed by atoms with E-state index in [-0.39, 0.29) is 29.0 Å². The Bertz CT molecular complexity index is 936. The number of nitrogens with zero attached hydrogens (tertiary/aromatic N) is 3. The molecule has 2 aliphatic rings. The van der Waals surface area contributed by atoms with Crippen LogP contribution in [0.2, 0.25) is 0 Å². The minimum Gasteiger partial charge on any atom is -0.495 e. The number of nitrogens with one attached hydrogen (secondary N) is 1. The van der Waals surface area contributed by atoms with E-state index < -0.39 is 10.0 Å². The number of carbonyl (C=O) groups is 2. The molecule has 184 valence electrons. The molecule has 1 aliphatic heterocycles. The Morgan fingerprint density at radius 2 is 1.76 bits per heavy atom. The standard InChI is InChI=1S/C23H36N4O5S/c1-25(2)33(30,31)21-16-19(9-10-20(21)32-3)24-22(28)17-26-11-13-27(14-12-26)23(29)15-18-7-5-4-6-8-18/h9-10,16,18H,4-8,11-15,17H2,1-3H3,(H,24,28). The zero-order valence-electron chi connectivity index (χ0n) is 19.9. The maximum absolute atomic E-state index is 12.6. The second kappa shape index (κ2) is 11.3. The molecule has 2 fully saturated rings. The van der Waals surface area contributed by atoms with E-state index in [1.807, 2.05) is 9.80 Å². The third-order valence-electron chi connectivity index (χ3n) is 6.49. The Balaban J connectivity index is 1.51. The summed E-state index contributed by atoms with van der Waals surface area (Å²) < 4.78 is 31.4. The predicted molar refractivity (Wildman–Crippen MR) is 127 cm³/mol. The topological polar surface area (TPSA) is 99.3 Å². The van der Waals surface area contributed by atoms with Gasteiger partial charge in [0.2, 0.25) is 21.8 Å². The Kier molecular flexibility index (Phi) is 8.72. The van der Waals surface area contributed by atoms with Gasteiger partial charge in [-0.15, -0.1) is 0 Å². The van der Waals surface area contributed by atoms with Gasteiger partial charge in [0.25, 0.3) is 0 Å². The number of ether oxygens (including phenoxy) is 1. The van der Waals surface area contributed by atoms with Crippen molar-refractivity contribution in [3.8, 4) is 5.75 Å². The number of methoxy groups -OCH3 is 1. The summed E-state index contributed by atoms with van der Waals surface area (Å²) in [7, 11) is 0.571. The number of anilines is 1. The van der Waals surface area contributed by atoms with Crippen molar-refractivity contribution in [1.82, 2.24) is 14.1 Å². The lowest BCUT2D eigenvalue weighted by atomic mass is 9.86. The quantitative estimate of drug-likeness (QED) is 0.611. The zero-order chi connectivity index (χ0) is 24.0. The highest BCUT2D eigenvalue weighted by molar-refractivity contribution is 7.89. The molecule has 1 aliphatic carbocycles. The van der Waals surface area contributed by atoms with Gasteiger partial charge in [0.1, 0.15) is 10.6 Å². The van der Waals surface area contributed by atoms with Gasteiger partial charge in [-0.2, -0.15) is 0 Å². The first-order valence-corrected chi connectivity index (χ1v) is 13.0. The third-order valence-corrected chi connectivity index (χ3v) is 8.32. The summed E-state index contributed by atoms with van der Waals surface area (Å²) in [5.41, 5.74) is 0.391. The van der Waals surface area contributed by atoms with Crippen LogP contribution in [0.25, 0.3) is 0 Å². The van der Waals surface area contributed by atoms with Crippen LogP contribution < -0.4 is 10.1 Å². The number of amides is 2. The minimum absolute atomic E-state index is 0.00195. The first-order chi connectivity index (χ1) is 15.7. The lowest BCUT2D eigenvalue weighted by Gasteiger charge is -2.35. The molecular formula is C23H36N4O5S. The zero-order valence-corrected chi connectivity index (χ0v) is 20.7. The van der Waals surface area contributed by atoms with Gasteiger partial charge in [-0.05, 0) is 37.0 Å². The molecule has 1 aromatic rings. The van der Waals surface area contributed by atoms with Gasteiger partial charge in [0, 0.05) is 52.4 Å². The number of carbonyl (C=O) groups excluding carboxylic acids is 2. The van der Waals surface area contributed by atoms with Crippen LogP contribution in [-0.2, 0) is 19.6 Å². The normalized spacial score (nSPS) is 18.4. The van der Waals surface area contributed by atoms with Gasteiger partial charge in [0.15, 0.2) is 0 Å². The Hall–Kier alpha value is -2.17. The fraction of sp³-hybridized carbons (Fsp3) is 0.652. The minimum atomic E-state index is -3.72. The molecule has 1 saturated heterocycles. The summed E-state index contributed by atoms with van der Waals surface area (Å²) in [4.78, 5) is 29.1. The molecule has 0 aromatic heterocycles. The van der Waals surface area contributed by atoms with E-state index in [0.29, 0.717) is 44.2 Å². The molecular weight excluding hydrogens is 444 g/mol. The van der Waals surface area contributed by atoms with Gasteiger partial charge in [-0.25, -0.2) is 12.7 Å². The largest absolute Gasteiger partial charge is 0.495 e. The Morgan fingerprint density at radius 3 is 2.36 bits per heavy atom. The molecule has 0 radical (unpaired) electrons. The molecule has 10 heteroatoms. The number of benzene rings is 1. The summed E-state index contributed by atoms with van der Waals surface area (Å²) in [6.45, 7) is 2.74. The molecule has 0 bridgehead atoms. The molecule has 33 heavy (non-hydrogen) atoms. The molecule has 1 saturated carbocycles. The predicted octanol–water partition coefficient (Wildman–Crippen LogP) is 2.00. The lowest BCUT2D eigenvalue weighted by molar-refractivity contribution is -0.134. The van der Waals surface area contributed by atoms with Crippen LogP contribution in [0.5, 0.6) is 5.75 Å². The van der Waals surface area contributed by atoms with E-state index in [0.717, 1.165) is 17.1 Å². The van der Waals surface area contributed by atoms with E-state index in [2.05, 4.69) is 5.32 Å². The molecule has 0 spiro atoms. The van der Waals surface area contributed by atoms with Crippen LogP contribution in [-0.4, -0.2) is 88.3 Å². The van der Waals surface area contributed by atoms with Crippen molar-refractivity contribution in [2.75, 3.05) is 59.2 Å². The first-order valence-electron chi connectivity index (χ1n) is 11.6. The molecule has 1 heterocycles. The monoisotopic (exact) mass is 480 g/mol. The fourth-order valence-electron chi connectivity index (χ4n) is 4.48. The van der Waals surface area contributed by atoms with E-state index in [1.54, 1.807) is 6.07 Å². The molecule has 1 N–H and O–H groups in total. The summed E-state index contributed by atoms with van der Waals surface area (Å²) in [5, 5.41) is 2.78. The molecule has 0 unspecified atom stereocenters. The number of piperazine rings is 1. The van der Waals surface area contributed by atoms with Crippen molar-refractivity contribution >= 4 is 27.5 Å². The van der Waals surface area contributed by atoms with Crippen LogP contribution in [0.3, 0.4) is 0 Å². The summed E-state index contributed by atoms with van der Waals surface area (Å²) in [6.07, 6.45) is 6.73. The highest BCUT2D eigenvalue weighted by atomic mass is 32.2. The third kappa shape index (κ3) is 6.68. The second-order valence-electron chi connectivity index (χ2n) is 9.07. The Labute approximate surface area is 197 Å². The van der Waals surface area contributed by atoms with Crippen LogP contribution >= 0.6 is 0 Å². The summed E-state index contributed by atoms with van der Waals surface area (Å²) in [6, 6.07) is 4.56. The molecule has 1 aromatic carbocycles. The van der Waals surface area contributed by atoms with Crippen LogP contribution in [0, 0.1) is 5.92 Å². The van der Waals surface area contributed by atoms with E-state index in [9.17, 15) is 18.0 Å². The molecule has 9 nitrogen and oxygen atoms in total. The van der Waals surface area contributed by atoms with Gasteiger partial charge >= 0.3 is 0 Å². The van der Waals surface area contributed by atoms with Gasteiger partial charge in [0.05, 0.1) is 13.7 Å². The SMILES string of the molecule is COc1ccc(NC(=O)CN2CCN(C(=O)CC3CCCCC3)CC2)cc1S(=O)(=O)N(C)C. The fourth-order valence-corrected chi connectivity index (χ4v) is 5.55. The summed E-state index contributed by atoms with van der Waals surface area (Å²) >= 11 is 0. The molecule has 3 rings (SSSR count). The first kappa shape index (κ1) is 25.5. The molecule has 0 atom stereocenters. The van der Waals surface area contributed by atoms with Crippen LogP contribution in [0.15, 0.2) is 23.1 Å². The van der Waals surface area contributed by atoms with Crippen molar-refractivity contribution < 1.29 is 22.7 Å². The van der Waals surface area contributed by atoms with Crippen molar-refractivity contribution in [1.29, 1.82) is 0 Å². The lowest BCUT2D eigenvalue weighted by Crippen LogP contribution is -2.50. The van der Waals surface area contributed by atoms with Crippen molar-refractivity contribution in [3.05, 3.63) is 18.2 Å². The van der Waals surface area contributed by atoms with Gasteiger partial charge in [-0.3, -0.25) is 14.5 Å². The van der Waals surface area contributed by atoms with Gasteiger partial charge < -0.3 is 15.0 Å². The van der Waals surface area contributed by atoms with E-state index in [4.69, 9.17) is 4.74 Å². The molecule has 2 amide bonds. The number of sulfonamides is 1. The Morgan fingerprint density at radius 1 is 1.09 bits per heavy atom. The number of hydrogen-bond acceptors (Lipinski definition) is 6. The summed E-state index contributed by atoms with van der Waals surface area (Å²) in [5.74, 6) is 0.755. The number of rotatable bonds is 8. The van der Waals surface area contributed by atoms with Crippen molar-refractivity contribution in [2.45, 2.75) is 43.4 Å². The van der Waals surface area contributed by atoms with Crippen LogP contribution in [0.1, 0.15) is 38.5 Å². The van der Waals surface area contributed by atoms with Crippen LogP contribution in [0.4, 0.5) is 5.69 Å². The maximum atomic E-state index is 12.6. The number of hydrogen-bond donors (Lipinski definition) is 1. The van der Waals surface area contributed by atoms with E-state index in [1.165, 1.54) is 52.6 Å². The average molecular weight is 481 g/mol. The maximum Gasteiger partial charge on any atom is 0.246 e.